The van der Waals surface area contributed by atoms with Crippen LogP contribution in [-0.2, 0) is 22.3 Å². The molecule has 4 aliphatic rings. The van der Waals surface area contributed by atoms with Crippen molar-refractivity contribution in [3.05, 3.63) is 57.8 Å². The van der Waals surface area contributed by atoms with E-state index >= 15 is 0 Å². The summed E-state index contributed by atoms with van der Waals surface area (Å²) in [7, 11) is 0. The molecule has 7 rings (SSSR count). The maximum absolute atomic E-state index is 14.9. The quantitative estimate of drug-likeness (QED) is 0.234. The summed E-state index contributed by atoms with van der Waals surface area (Å²) in [5.74, 6) is -7.57. The first kappa shape index (κ1) is 35.8. The fraction of sp³-hybridized carbons (Fsp3) is 0.559. The minimum atomic E-state index is -5.04. The molecular weight excluding hydrogens is 717 g/mol. The zero-order valence-electron chi connectivity index (χ0n) is 26.9. The Bertz CT molecular complexity index is 1860. The molecule has 2 aromatic carbocycles. The van der Waals surface area contributed by atoms with Gasteiger partial charge in [-0.1, -0.05) is 18.2 Å². The third-order valence-corrected chi connectivity index (χ3v) is 12.0. The Hall–Kier alpha value is -3.60. The van der Waals surface area contributed by atoms with E-state index in [0.29, 0.717) is 11.6 Å². The summed E-state index contributed by atoms with van der Waals surface area (Å²) in [6.45, 7) is -0.475. The number of hydrogen-bond acceptors (Lipinski definition) is 6. The van der Waals surface area contributed by atoms with Crippen molar-refractivity contribution in [3.63, 3.8) is 0 Å². The zero-order valence-corrected chi connectivity index (χ0v) is 27.7. The summed E-state index contributed by atoms with van der Waals surface area (Å²) in [5.41, 5.74) is -3.42. The van der Waals surface area contributed by atoms with E-state index in [1.54, 1.807) is 17.0 Å². The van der Waals surface area contributed by atoms with Gasteiger partial charge >= 0.3 is 18.3 Å². The molecule has 3 aromatic rings. The van der Waals surface area contributed by atoms with Crippen LogP contribution in [0.5, 0.6) is 0 Å². The van der Waals surface area contributed by atoms with Crippen molar-refractivity contribution in [2.24, 2.45) is 16.7 Å². The fourth-order valence-corrected chi connectivity index (χ4v) is 8.96. The molecular formula is C34H32F9N3O4S. The van der Waals surface area contributed by atoms with Crippen molar-refractivity contribution in [2.45, 2.75) is 69.3 Å². The van der Waals surface area contributed by atoms with Crippen LogP contribution >= 0.6 is 11.3 Å². The van der Waals surface area contributed by atoms with Gasteiger partial charge in [-0.2, -0.15) is 26.3 Å². The molecule has 1 atom stereocenters. The molecule has 1 aromatic heterocycles. The van der Waals surface area contributed by atoms with Crippen molar-refractivity contribution >= 4 is 39.1 Å². The molecule has 3 heterocycles. The minimum absolute atomic E-state index is 0.0297. The number of anilines is 1. The number of carbonyl (C=O) groups excluding carboxylic acids is 1. The van der Waals surface area contributed by atoms with E-state index in [4.69, 9.17) is 4.74 Å². The highest BCUT2D eigenvalue weighted by molar-refractivity contribution is 7.17. The molecule has 0 bridgehead atoms. The zero-order chi connectivity index (χ0) is 36.7. The summed E-state index contributed by atoms with van der Waals surface area (Å²) in [6.07, 6.45) is -10.9. The number of hydrogen-bond donors (Lipinski definition) is 1. The molecule has 0 unspecified atom stereocenters. The molecule has 17 heteroatoms. The Balaban J connectivity index is 1.15. The van der Waals surface area contributed by atoms with Gasteiger partial charge in [0.25, 0.3) is 0 Å². The first-order chi connectivity index (χ1) is 23.9. The summed E-state index contributed by atoms with van der Waals surface area (Å²) >= 11 is 0.935. The van der Waals surface area contributed by atoms with Crippen molar-refractivity contribution in [2.75, 3.05) is 37.7 Å². The molecule has 2 saturated carbocycles. The van der Waals surface area contributed by atoms with Crippen LogP contribution in [0.25, 0.3) is 10.2 Å². The number of carboxylic acid groups (broad SMARTS) is 1. The predicted molar refractivity (Wildman–Crippen MR) is 166 cm³/mol. The first-order valence-corrected chi connectivity index (χ1v) is 17.3. The van der Waals surface area contributed by atoms with Crippen molar-refractivity contribution in [1.82, 2.24) is 9.88 Å². The number of halogens is 9. The van der Waals surface area contributed by atoms with Gasteiger partial charge in [-0.25, -0.2) is 22.9 Å². The van der Waals surface area contributed by atoms with Gasteiger partial charge in [0.2, 0.25) is 11.8 Å². The highest BCUT2D eigenvalue weighted by atomic mass is 32.1. The molecule has 276 valence electrons. The number of fused-ring (bicyclic) bond motifs is 1. The molecule has 1 spiro atoms. The maximum Gasteiger partial charge on any atom is 0.419 e. The van der Waals surface area contributed by atoms with E-state index in [9.17, 15) is 54.2 Å². The van der Waals surface area contributed by atoms with Gasteiger partial charge in [0.05, 0.1) is 40.2 Å². The van der Waals surface area contributed by atoms with Crippen LogP contribution in [0.2, 0.25) is 0 Å². The van der Waals surface area contributed by atoms with Gasteiger partial charge in [-0.15, -0.1) is 11.3 Å². The molecule has 2 aliphatic heterocycles. The van der Waals surface area contributed by atoms with Gasteiger partial charge in [0.15, 0.2) is 5.82 Å². The van der Waals surface area contributed by atoms with Gasteiger partial charge in [-0.05, 0) is 48.8 Å². The number of aromatic carboxylic acids is 1. The number of carboxylic acids is 1. The molecule has 4 fully saturated rings. The molecule has 51 heavy (non-hydrogen) atoms. The normalized spacial score (nSPS) is 22.8. The number of nitrogens with zero attached hydrogens (tertiary/aromatic N) is 3. The van der Waals surface area contributed by atoms with Gasteiger partial charge < -0.3 is 19.6 Å². The highest BCUT2D eigenvalue weighted by Crippen LogP contribution is 2.60. The third kappa shape index (κ3) is 6.21. The molecule has 7 nitrogen and oxygen atoms in total. The second-order valence-corrected chi connectivity index (χ2v) is 15.2. The van der Waals surface area contributed by atoms with Crippen molar-refractivity contribution < 1.29 is 58.9 Å². The molecule has 2 aliphatic carbocycles. The lowest BCUT2D eigenvalue weighted by Crippen LogP contribution is -2.65. The van der Waals surface area contributed by atoms with E-state index in [-0.39, 0.29) is 99.4 Å². The Morgan fingerprint density at radius 2 is 1.71 bits per heavy atom. The third-order valence-electron chi connectivity index (χ3n) is 11.1. The van der Waals surface area contributed by atoms with Crippen LogP contribution in [0.1, 0.15) is 71.5 Å². The Labute approximate surface area is 289 Å². The number of rotatable bonds is 8. The van der Waals surface area contributed by atoms with Crippen LogP contribution < -0.4 is 4.90 Å². The number of amides is 1. The molecule has 1 amide bonds. The highest BCUT2D eigenvalue weighted by Gasteiger charge is 2.71. The predicted octanol–water partition coefficient (Wildman–Crippen LogP) is 8.27. The number of alkyl halides is 8. The average Bonchev–Trinajstić information content (AvgIpc) is 3.56. The largest absolute Gasteiger partial charge is 0.478 e. The number of ether oxygens (including phenoxy) is 1. The Morgan fingerprint density at radius 3 is 2.31 bits per heavy atom. The van der Waals surface area contributed by atoms with E-state index in [0.717, 1.165) is 16.2 Å². The second-order valence-electron chi connectivity index (χ2n) is 14.3. The number of likely N-dealkylation sites (tertiary alicyclic amines) is 1. The second kappa shape index (κ2) is 12.2. The first-order valence-electron chi connectivity index (χ1n) is 16.4. The molecule has 1 N–H and O–H groups in total. The average molecular weight is 750 g/mol. The standard InChI is InChI=1S/C34H32F9N3O4S/c35-25-22(33(38,39)40)10-23(27-26(25)44-17-51-27)45-11-20(30(14-45)15-46(16-30)29(49)31(8-9-31)34(41,42)43)13-50-12-19-2-1-3-21(24(19)28(47)48)18-4-6-32(36,37)7-5-18/h1-3,10,17-18,20H,4-9,11-16H2,(H,47,48)/t20-/m0/s1. The van der Waals surface area contributed by atoms with Crippen molar-refractivity contribution in [3.8, 4) is 0 Å². The van der Waals surface area contributed by atoms with Crippen LogP contribution in [0.15, 0.2) is 29.8 Å². The van der Waals surface area contributed by atoms with E-state index in [2.05, 4.69) is 4.98 Å². The SMILES string of the molecule is O=C(O)c1c(COC[C@@H]2CN(c3cc(C(F)(F)F)c(F)c4ncsc34)CC23CN(C(=O)C2(C(F)(F)F)CC2)C3)cccc1C1CCC(F)(F)CC1. The van der Waals surface area contributed by atoms with E-state index in [1.165, 1.54) is 11.6 Å². The number of aromatic nitrogens is 1. The maximum atomic E-state index is 14.9. The Kier molecular flexibility index (Phi) is 8.59. The van der Waals surface area contributed by atoms with Crippen LogP contribution in [-0.4, -0.2) is 71.8 Å². The summed E-state index contributed by atoms with van der Waals surface area (Å²) < 4.78 is 132. The summed E-state index contributed by atoms with van der Waals surface area (Å²) in [5, 5.41) is 10.1. The molecule has 2 saturated heterocycles. The van der Waals surface area contributed by atoms with Crippen LogP contribution in [0, 0.1) is 22.6 Å². The van der Waals surface area contributed by atoms with Crippen LogP contribution in [0.4, 0.5) is 45.2 Å². The van der Waals surface area contributed by atoms with Crippen LogP contribution in [0.3, 0.4) is 0 Å². The summed E-state index contributed by atoms with van der Waals surface area (Å²) in [4.78, 5) is 32.0. The lowest BCUT2D eigenvalue weighted by molar-refractivity contribution is -0.205. The molecule has 0 radical (unpaired) electrons. The van der Waals surface area contributed by atoms with Gasteiger partial charge in [-0.3, -0.25) is 4.79 Å². The number of thiazole rings is 1. The van der Waals surface area contributed by atoms with Gasteiger partial charge in [0, 0.05) is 50.4 Å². The van der Waals surface area contributed by atoms with Crippen molar-refractivity contribution in [1.29, 1.82) is 0 Å². The smallest absolute Gasteiger partial charge is 0.419 e. The van der Waals surface area contributed by atoms with E-state index in [1.807, 2.05) is 0 Å². The van der Waals surface area contributed by atoms with E-state index < -0.39 is 69.7 Å². The lowest BCUT2D eigenvalue weighted by Gasteiger charge is -2.52. The summed E-state index contributed by atoms with van der Waals surface area (Å²) in [6, 6.07) is 5.44. The number of carbonyl (C=O) groups is 2. The Morgan fingerprint density at radius 1 is 1.02 bits per heavy atom. The monoisotopic (exact) mass is 749 g/mol. The lowest BCUT2D eigenvalue weighted by atomic mass is 9.71. The minimum Gasteiger partial charge on any atom is -0.478 e. The topological polar surface area (TPSA) is 83.0 Å². The van der Waals surface area contributed by atoms with Gasteiger partial charge in [0.1, 0.15) is 10.9 Å². The number of benzene rings is 2. The fourth-order valence-electron chi connectivity index (χ4n) is 8.13.